The zero-order valence-electron chi connectivity index (χ0n) is 13.5. The SMILES string of the molecule is CCc1nc(CCNC(=NC)N2CCSC(CC)C2)no1.I. The van der Waals surface area contributed by atoms with Gasteiger partial charge in [-0.05, 0) is 6.42 Å². The van der Waals surface area contributed by atoms with Crippen molar-refractivity contribution in [3.63, 3.8) is 0 Å². The number of guanidine groups is 1. The Hall–Kier alpha value is -0.510. The lowest BCUT2D eigenvalue weighted by molar-refractivity contribution is 0.376. The Bertz CT molecular complexity index is 468. The lowest BCUT2D eigenvalue weighted by Gasteiger charge is -2.34. The topological polar surface area (TPSA) is 66.6 Å². The Morgan fingerprint density at radius 1 is 1.50 bits per heavy atom. The first-order valence-corrected chi connectivity index (χ1v) is 8.70. The maximum Gasteiger partial charge on any atom is 0.226 e. The highest BCUT2D eigenvalue weighted by Gasteiger charge is 2.21. The Morgan fingerprint density at radius 2 is 2.32 bits per heavy atom. The van der Waals surface area contributed by atoms with E-state index in [4.69, 9.17) is 4.52 Å². The number of thioether (sulfide) groups is 1. The Labute approximate surface area is 153 Å². The van der Waals surface area contributed by atoms with Gasteiger partial charge in [0.15, 0.2) is 11.8 Å². The van der Waals surface area contributed by atoms with Crippen molar-refractivity contribution in [2.24, 2.45) is 4.99 Å². The molecular formula is C14H26IN5OS. The molecule has 126 valence electrons. The van der Waals surface area contributed by atoms with Gasteiger partial charge < -0.3 is 14.7 Å². The van der Waals surface area contributed by atoms with Crippen molar-refractivity contribution in [2.45, 2.75) is 38.4 Å². The van der Waals surface area contributed by atoms with E-state index in [-0.39, 0.29) is 24.0 Å². The molecule has 2 rings (SSSR count). The van der Waals surface area contributed by atoms with E-state index >= 15 is 0 Å². The summed E-state index contributed by atoms with van der Waals surface area (Å²) in [6, 6.07) is 0. The molecule has 6 nitrogen and oxygen atoms in total. The number of hydrogen-bond donors (Lipinski definition) is 1. The van der Waals surface area contributed by atoms with E-state index in [1.54, 1.807) is 0 Å². The minimum Gasteiger partial charge on any atom is -0.356 e. The zero-order chi connectivity index (χ0) is 15.1. The van der Waals surface area contributed by atoms with Crippen molar-refractivity contribution in [3.05, 3.63) is 11.7 Å². The smallest absolute Gasteiger partial charge is 0.226 e. The normalized spacial score (nSPS) is 19.0. The molecule has 1 unspecified atom stereocenters. The minimum atomic E-state index is 0. The van der Waals surface area contributed by atoms with E-state index in [2.05, 4.69) is 44.0 Å². The van der Waals surface area contributed by atoms with Gasteiger partial charge >= 0.3 is 0 Å². The third-order valence-corrected chi connectivity index (χ3v) is 4.92. The molecule has 0 aliphatic carbocycles. The first-order valence-electron chi connectivity index (χ1n) is 7.65. The van der Waals surface area contributed by atoms with E-state index in [0.717, 1.165) is 44.3 Å². The standard InChI is InChI=1S/C14H25N5OS.HI/c1-4-11-10-19(8-9-21-11)14(15-3)16-7-6-12-17-13(5-2)20-18-12;/h11H,4-10H2,1-3H3,(H,15,16);1H. The highest BCUT2D eigenvalue weighted by molar-refractivity contribution is 14.0. The fraction of sp³-hybridized carbons (Fsp3) is 0.786. The van der Waals surface area contributed by atoms with Crippen LogP contribution in [-0.2, 0) is 12.8 Å². The number of aromatic nitrogens is 2. The third kappa shape index (κ3) is 5.60. The summed E-state index contributed by atoms with van der Waals surface area (Å²) >= 11 is 2.06. The van der Waals surface area contributed by atoms with Crippen LogP contribution in [0.5, 0.6) is 0 Å². The maximum absolute atomic E-state index is 5.11. The predicted molar refractivity (Wildman–Crippen MR) is 102 cm³/mol. The Kier molecular flexibility index (Phi) is 9.15. The fourth-order valence-electron chi connectivity index (χ4n) is 2.31. The third-order valence-electron chi connectivity index (χ3n) is 3.55. The van der Waals surface area contributed by atoms with Gasteiger partial charge in [0.25, 0.3) is 0 Å². The molecule has 1 aromatic heterocycles. The molecule has 0 spiro atoms. The predicted octanol–water partition coefficient (Wildman–Crippen LogP) is 2.20. The van der Waals surface area contributed by atoms with Gasteiger partial charge in [0.05, 0.1) is 0 Å². The van der Waals surface area contributed by atoms with Crippen LogP contribution < -0.4 is 5.32 Å². The van der Waals surface area contributed by atoms with Crippen LogP contribution >= 0.6 is 35.7 Å². The summed E-state index contributed by atoms with van der Waals surface area (Å²) in [4.78, 5) is 11.1. The van der Waals surface area contributed by atoms with E-state index in [9.17, 15) is 0 Å². The number of nitrogens with one attached hydrogen (secondary N) is 1. The monoisotopic (exact) mass is 439 g/mol. The van der Waals surface area contributed by atoms with Crippen LogP contribution in [0.2, 0.25) is 0 Å². The lowest BCUT2D eigenvalue weighted by atomic mass is 10.3. The molecule has 0 bridgehead atoms. The van der Waals surface area contributed by atoms with Crippen molar-refractivity contribution >= 4 is 41.7 Å². The summed E-state index contributed by atoms with van der Waals surface area (Å²) in [5, 5.41) is 8.08. The van der Waals surface area contributed by atoms with Crippen molar-refractivity contribution in [2.75, 3.05) is 32.4 Å². The van der Waals surface area contributed by atoms with Gasteiger partial charge in [0, 0.05) is 50.5 Å². The van der Waals surface area contributed by atoms with Crippen molar-refractivity contribution in [1.29, 1.82) is 0 Å². The molecule has 0 amide bonds. The van der Waals surface area contributed by atoms with E-state index in [1.807, 2.05) is 14.0 Å². The van der Waals surface area contributed by atoms with Crippen LogP contribution in [0.1, 0.15) is 32.0 Å². The van der Waals surface area contributed by atoms with Gasteiger partial charge in [0.1, 0.15) is 0 Å². The molecule has 8 heteroatoms. The molecule has 1 aliphatic heterocycles. The summed E-state index contributed by atoms with van der Waals surface area (Å²) < 4.78 is 5.11. The second kappa shape index (κ2) is 10.3. The van der Waals surface area contributed by atoms with Crippen molar-refractivity contribution in [3.8, 4) is 0 Å². The van der Waals surface area contributed by atoms with Gasteiger partial charge in [-0.25, -0.2) is 0 Å². The number of hydrogen-bond acceptors (Lipinski definition) is 5. The quantitative estimate of drug-likeness (QED) is 0.431. The lowest BCUT2D eigenvalue weighted by Crippen LogP contribution is -2.48. The van der Waals surface area contributed by atoms with Crippen molar-refractivity contribution in [1.82, 2.24) is 20.4 Å². The second-order valence-electron chi connectivity index (χ2n) is 5.03. The second-order valence-corrected chi connectivity index (χ2v) is 6.44. The summed E-state index contributed by atoms with van der Waals surface area (Å²) in [5.41, 5.74) is 0. The fourth-order valence-corrected chi connectivity index (χ4v) is 3.49. The molecule has 0 radical (unpaired) electrons. The molecule has 1 atom stereocenters. The Morgan fingerprint density at radius 3 is 2.95 bits per heavy atom. The van der Waals surface area contributed by atoms with Crippen LogP contribution in [-0.4, -0.2) is 58.7 Å². The average molecular weight is 439 g/mol. The highest BCUT2D eigenvalue weighted by Crippen LogP contribution is 2.20. The first kappa shape index (κ1) is 19.5. The molecule has 0 saturated carbocycles. The molecule has 1 aromatic rings. The summed E-state index contributed by atoms with van der Waals surface area (Å²) in [7, 11) is 1.84. The van der Waals surface area contributed by atoms with Gasteiger partial charge in [-0.2, -0.15) is 16.7 Å². The van der Waals surface area contributed by atoms with Crippen molar-refractivity contribution < 1.29 is 4.52 Å². The summed E-state index contributed by atoms with van der Waals surface area (Å²) in [5.74, 6) is 3.61. The molecule has 1 fully saturated rings. The molecule has 1 aliphatic rings. The zero-order valence-corrected chi connectivity index (χ0v) is 16.7. The maximum atomic E-state index is 5.11. The summed E-state index contributed by atoms with van der Waals surface area (Å²) in [6.07, 6.45) is 2.75. The Balaban J connectivity index is 0.00000242. The molecular weight excluding hydrogens is 413 g/mol. The molecule has 22 heavy (non-hydrogen) atoms. The molecule has 2 heterocycles. The largest absolute Gasteiger partial charge is 0.356 e. The van der Waals surface area contributed by atoms with Crippen LogP contribution in [0.3, 0.4) is 0 Å². The van der Waals surface area contributed by atoms with E-state index in [0.29, 0.717) is 11.1 Å². The average Bonchev–Trinajstić information content (AvgIpc) is 2.99. The van der Waals surface area contributed by atoms with Gasteiger partial charge in [-0.3, -0.25) is 4.99 Å². The summed E-state index contributed by atoms with van der Waals surface area (Å²) in [6.45, 7) is 7.16. The number of aliphatic imine (C=N–C) groups is 1. The molecule has 1 N–H and O–H groups in total. The van der Waals surface area contributed by atoms with Crippen LogP contribution in [0, 0.1) is 0 Å². The van der Waals surface area contributed by atoms with Crippen LogP contribution in [0.4, 0.5) is 0 Å². The number of rotatable bonds is 5. The number of halogens is 1. The van der Waals surface area contributed by atoms with Gasteiger partial charge in [-0.15, -0.1) is 24.0 Å². The van der Waals surface area contributed by atoms with Gasteiger partial charge in [0.2, 0.25) is 5.89 Å². The van der Waals surface area contributed by atoms with Crippen LogP contribution in [0.15, 0.2) is 9.52 Å². The van der Waals surface area contributed by atoms with E-state index in [1.165, 1.54) is 12.2 Å². The molecule has 1 saturated heterocycles. The van der Waals surface area contributed by atoms with Gasteiger partial charge in [-0.1, -0.05) is 19.0 Å². The first-order chi connectivity index (χ1) is 10.3. The molecule has 0 aromatic carbocycles. The van der Waals surface area contributed by atoms with E-state index < -0.39 is 0 Å². The number of nitrogens with zero attached hydrogens (tertiary/aromatic N) is 4. The number of aryl methyl sites for hydroxylation is 1. The minimum absolute atomic E-state index is 0. The highest BCUT2D eigenvalue weighted by atomic mass is 127. The van der Waals surface area contributed by atoms with Crippen LogP contribution in [0.25, 0.3) is 0 Å².